The number of methoxy groups -OCH3 is 8. The highest BCUT2D eigenvalue weighted by atomic mass is 32.2. The average Bonchev–Trinajstić information content (AvgIpc) is 1.00. The van der Waals surface area contributed by atoms with Gasteiger partial charge in [0.1, 0.15) is 28.5 Å². The molecule has 2 N–H and O–H groups in total. The molecule has 3 aliphatic rings. The number of carbonyl (C=O) groups is 2. The van der Waals surface area contributed by atoms with Gasteiger partial charge in [0, 0.05) is 16.7 Å². The molecule has 8 aromatic rings. The fourth-order valence-electron chi connectivity index (χ4n) is 14.9. The van der Waals surface area contributed by atoms with E-state index in [0.29, 0.717) is 58.5 Å². The molecular formula is C92H118BF3N2O19SSi2. The summed E-state index contributed by atoms with van der Waals surface area (Å²) in [5.41, 5.74) is -1.89. The first-order valence-corrected chi connectivity index (χ1v) is 44.4. The summed E-state index contributed by atoms with van der Waals surface area (Å²) < 4.78 is 154. The zero-order valence-electron chi connectivity index (χ0n) is 72.7. The van der Waals surface area contributed by atoms with Gasteiger partial charge in [-0.05, 0) is 196 Å². The smallest absolute Gasteiger partial charge is 0.495 e. The summed E-state index contributed by atoms with van der Waals surface area (Å²) in [6.45, 7) is 32.0. The summed E-state index contributed by atoms with van der Waals surface area (Å²) in [7, 11) is -0.542. The summed E-state index contributed by atoms with van der Waals surface area (Å²) in [6.07, 6.45) is 3.14. The lowest BCUT2D eigenvalue weighted by Gasteiger charge is -2.44. The van der Waals surface area contributed by atoms with Gasteiger partial charge in [0.15, 0.2) is 23.0 Å². The Bertz CT molecular complexity index is 4940. The number of fused-ring (bicyclic) bond motifs is 2. The van der Waals surface area contributed by atoms with Crippen molar-refractivity contribution in [2.45, 2.75) is 194 Å². The molecule has 2 unspecified atom stereocenters. The Labute approximate surface area is 709 Å². The molecular weight excluding hydrogens is 1590 g/mol. The van der Waals surface area contributed by atoms with Crippen molar-refractivity contribution in [2.24, 2.45) is 0 Å². The molecule has 8 aromatic carbocycles. The van der Waals surface area contributed by atoms with Crippen molar-refractivity contribution >= 4 is 95.0 Å². The van der Waals surface area contributed by atoms with Crippen LogP contribution in [-0.4, -0.2) is 141 Å². The van der Waals surface area contributed by atoms with Crippen LogP contribution in [-0.2, 0) is 54.8 Å². The van der Waals surface area contributed by atoms with Crippen LogP contribution >= 0.6 is 0 Å². The minimum atomic E-state index is -6.04. The molecule has 0 saturated carbocycles. The van der Waals surface area contributed by atoms with E-state index in [-0.39, 0.29) is 54.2 Å². The SMILES string of the molecule is C.COc1cc2c(c(OC)c1OC)CCC(O[Si](c1ccccc1)(c1ccccc1)C(C)(C)C)C=C2OS(=O)(=O)C(F)(F)F.COc1ccc(B2OC(C)(C)C(C)(C)O2)cc1NC(=O)OC(C)(C)C.COc1ccc(C2=CC(O[Si](c3ccccc3)(c3ccccc3)C(C)(C)C)CCc3c2cc(OC)c(OC)c3OC)cc1NC(=O)OC(C)(C)C. The molecule has 2 aliphatic carbocycles. The highest BCUT2D eigenvalue weighted by molar-refractivity contribution is 7.87. The van der Waals surface area contributed by atoms with E-state index in [1.54, 1.807) is 47.7 Å². The van der Waals surface area contributed by atoms with Crippen molar-refractivity contribution in [3.8, 4) is 46.0 Å². The molecule has 0 radical (unpaired) electrons. The number of carbonyl (C=O) groups excluding carboxylic acids is 2. The van der Waals surface area contributed by atoms with E-state index in [4.69, 9.17) is 69.7 Å². The third-order valence-electron chi connectivity index (χ3n) is 21.0. The first-order chi connectivity index (χ1) is 55.8. The second-order valence-electron chi connectivity index (χ2n) is 33.9. The molecule has 0 aromatic heterocycles. The predicted molar refractivity (Wildman–Crippen MR) is 473 cm³/mol. The maximum absolute atomic E-state index is 13.6. The maximum atomic E-state index is 13.6. The number of anilines is 2. The Hall–Kier alpha value is -9.94. The van der Waals surface area contributed by atoms with Crippen molar-refractivity contribution < 1.29 is 101 Å². The van der Waals surface area contributed by atoms with Crippen LogP contribution in [0.2, 0.25) is 10.1 Å². The highest BCUT2D eigenvalue weighted by Gasteiger charge is 2.55. The topological polar surface area (TPSA) is 231 Å². The Morgan fingerprint density at radius 3 is 1.15 bits per heavy atom. The van der Waals surface area contributed by atoms with Crippen molar-refractivity contribution in [3.05, 3.63) is 210 Å². The van der Waals surface area contributed by atoms with Gasteiger partial charge in [0.05, 0.1) is 91.7 Å². The number of ether oxygens (including phenoxy) is 10. The monoisotopic (exact) mass is 1710 g/mol. The largest absolute Gasteiger partial charge is 0.534 e. The van der Waals surface area contributed by atoms with Crippen molar-refractivity contribution in [1.82, 2.24) is 0 Å². The number of hydrogen-bond acceptors (Lipinski definition) is 19. The molecule has 11 rings (SSSR count). The van der Waals surface area contributed by atoms with Crippen LogP contribution in [0.15, 0.2) is 182 Å². The lowest BCUT2D eigenvalue weighted by atomic mass is 9.79. The van der Waals surface area contributed by atoms with Gasteiger partial charge in [-0.25, -0.2) is 9.59 Å². The van der Waals surface area contributed by atoms with E-state index in [2.05, 4.69) is 119 Å². The number of alkyl halides is 3. The molecule has 1 heterocycles. The van der Waals surface area contributed by atoms with Crippen LogP contribution < -0.4 is 74.7 Å². The third kappa shape index (κ3) is 21.3. The van der Waals surface area contributed by atoms with Gasteiger partial charge in [-0.15, -0.1) is 0 Å². The quantitative estimate of drug-likeness (QED) is 0.0365. The highest BCUT2D eigenvalue weighted by Crippen LogP contribution is 2.51. The molecule has 1 fully saturated rings. The predicted octanol–water partition coefficient (Wildman–Crippen LogP) is 18.2. The van der Waals surface area contributed by atoms with E-state index >= 15 is 0 Å². The second-order valence-corrected chi connectivity index (χ2v) is 43.9. The molecule has 0 spiro atoms. The number of hydrogen-bond donors (Lipinski definition) is 2. The molecule has 648 valence electrons. The minimum Gasteiger partial charge on any atom is -0.495 e. The van der Waals surface area contributed by atoms with Gasteiger partial charge in [0.25, 0.3) is 16.6 Å². The van der Waals surface area contributed by atoms with E-state index in [1.165, 1.54) is 43.8 Å². The molecule has 2 amide bonds. The number of nitrogens with one attached hydrogen (secondary N) is 2. The van der Waals surface area contributed by atoms with Gasteiger partial charge < -0.3 is 69.7 Å². The molecule has 120 heavy (non-hydrogen) atoms. The first kappa shape index (κ1) is 95.5. The third-order valence-corrected chi connectivity index (χ3v) is 32.1. The Morgan fingerprint density at radius 2 is 0.800 bits per heavy atom. The Kier molecular flexibility index (Phi) is 30.6. The van der Waals surface area contributed by atoms with Crippen molar-refractivity contribution in [2.75, 3.05) is 67.5 Å². The molecule has 21 nitrogen and oxygen atoms in total. The summed E-state index contributed by atoms with van der Waals surface area (Å²) in [5.74, 6) is 2.74. The van der Waals surface area contributed by atoms with E-state index in [9.17, 15) is 31.2 Å². The molecule has 1 saturated heterocycles. The maximum Gasteiger partial charge on any atom is 0.534 e. The normalized spacial score (nSPS) is 15.9. The molecule has 0 bridgehead atoms. The van der Waals surface area contributed by atoms with Crippen LogP contribution in [0.1, 0.15) is 159 Å². The fourth-order valence-corrected chi connectivity index (χ4v) is 24.7. The summed E-state index contributed by atoms with van der Waals surface area (Å²) in [6, 6.07) is 55.3. The van der Waals surface area contributed by atoms with Gasteiger partial charge in [-0.3, -0.25) is 10.6 Å². The average molecular weight is 1710 g/mol. The van der Waals surface area contributed by atoms with Crippen molar-refractivity contribution in [3.63, 3.8) is 0 Å². The summed E-state index contributed by atoms with van der Waals surface area (Å²) in [4.78, 5) is 25.1. The van der Waals surface area contributed by atoms with E-state index in [0.717, 1.165) is 38.1 Å². The zero-order valence-corrected chi connectivity index (χ0v) is 75.5. The lowest BCUT2D eigenvalue weighted by Crippen LogP contribution is -2.67. The van der Waals surface area contributed by atoms with Crippen LogP contribution in [0.4, 0.5) is 34.1 Å². The van der Waals surface area contributed by atoms with Crippen LogP contribution in [0.5, 0.6) is 46.0 Å². The van der Waals surface area contributed by atoms with Crippen LogP contribution in [0, 0.1) is 0 Å². The molecule has 1 aliphatic heterocycles. The van der Waals surface area contributed by atoms with Gasteiger partial charge >= 0.3 is 34.9 Å². The number of halogens is 3. The summed E-state index contributed by atoms with van der Waals surface area (Å²) >= 11 is 0. The molecule has 2 atom stereocenters. The first-order valence-electron chi connectivity index (χ1n) is 39.2. The molecule has 28 heteroatoms. The van der Waals surface area contributed by atoms with Gasteiger partial charge in [0.2, 0.25) is 11.5 Å². The number of amides is 2. The van der Waals surface area contributed by atoms with E-state index in [1.807, 2.05) is 160 Å². The summed E-state index contributed by atoms with van der Waals surface area (Å²) in [5, 5.41) is 9.27. The second kappa shape index (κ2) is 38.4. The van der Waals surface area contributed by atoms with Crippen LogP contribution in [0.3, 0.4) is 0 Å². The zero-order chi connectivity index (χ0) is 87.7. The number of benzene rings is 8. The minimum absolute atomic E-state index is 0. The number of rotatable bonds is 22. The van der Waals surface area contributed by atoms with E-state index < -0.39 is 90.9 Å². The Balaban J connectivity index is 0.000000235. The van der Waals surface area contributed by atoms with Gasteiger partial charge in [-0.2, -0.15) is 21.6 Å². The lowest BCUT2D eigenvalue weighted by molar-refractivity contribution is -0.0509. The van der Waals surface area contributed by atoms with Crippen molar-refractivity contribution in [1.29, 1.82) is 0 Å². The standard InChI is InChI=1S/C42H51NO7Si.C31H35F3O7SSi.C18H28BNO5.CH4/c1-41(2,3)49-40(44)43-35-25-28(21-24-36(35)45-7)33-26-29(22-23-32-34(33)27-37(46-8)39(48-10)38(32)47-9)50-51(42(4,5)6,30-17-13-11-14-18-30)31-19-15-12-16-20-31;1-30(2,3)43(22-13-9-7-10-14-22,23-15-11-8-12-16-23)41-21-17-18-24-25(20-27(37-4)29(39-6)28(24)38-5)26(19-21)40-42(35,36)31(32,33)34;1-16(2,3)23-15(21)20-13-11-12(9-10-14(13)22-8)19-24-17(4,5)18(6,7)25-19;/h11-21,24-27,29H,22-23H2,1-10H3,(H,43,44);7-16,19-21H,17-18H2,1-6H3;9-11H,1-8H3,(H,20,21);1H4. The van der Waals surface area contributed by atoms with Crippen LogP contribution in [0.25, 0.3) is 11.3 Å². The Morgan fingerprint density at radius 1 is 0.450 bits per heavy atom. The fraction of sp³-hybridized carbons (Fsp3) is 0.413. The van der Waals surface area contributed by atoms with Gasteiger partial charge in [-0.1, -0.05) is 182 Å².